The lowest BCUT2D eigenvalue weighted by Crippen LogP contribution is -2.47. The molecule has 1 saturated heterocycles. The summed E-state index contributed by atoms with van der Waals surface area (Å²) in [6.07, 6.45) is 3.01. The summed E-state index contributed by atoms with van der Waals surface area (Å²) < 4.78 is 10.3. The number of methoxy groups -OCH3 is 1. The number of nitrogens with two attached hydrogens (primary N) is 1. The van der Waals surface area contributed by atoms with Crippen LogP contribution in [0.1, 0.15) is 57.9 Å². The third kappa shape index (κ3) is 6.11. The average Bonchev–Trinajstić information content (AvgIpc) is 2.64. The van der Waals surface area contributed by atoms with Gasteiger partial charge in [0, 0.05) is 25.8 Å². The van der Waals surface area contributed by atoms with Crippen molar-refractivity contribution in [2.24, 2.45) is 0 Å². The Labute approximate surface area is 162 Å². The van der Waals surface area contributed by atoms with Crippen molar-refractivity contribution in [3.8, 4) is 0 Å². The van der Waals surface area contributed by atoms with Crippen LogP contribution in [0.3, 0.4) is 0 Å². The Balaban J connectivity index is 2.29. The zero-order valence-electron chi connectivity index (χ0n) is 17.0. The Bertz CT molecular complexity index is 621. The zero-order valence-corrected chi connectivity index (χ0v) is 17.0. The van der Waals surface area contributed by atoms with Gasteiger partial charge in [-0.15, -0.1) is 0 Å². The minimum absolute atomic E-state index is 0.0830. The second kappa shape index (κ2) is 9.42. The van der Waals surface area contributed by atoms with E-state index in [0.29, 0.717) is 18.7 Å². The molecule has 0 bridgehead atoms. The Morgan fingerprint density at radius 3 is 2.59 bits per heavy atom. The number of aliphatic hydroxyl groups is 1. The lowest BCUT2D eigenvalue weighted by atomic mass is 9.92. The van der Waals surface area contributed by atoms with Gasteiger partial charge in [0.1, 0.15) is 0 Å². The Hall–Kier alpha value is -1.79. The van der Waals surface area contributed by atoms with Gasteiger partial charge >= 0.3 is 5.97 Å². The van der Waals surface area contributed by atoms with E-state index < -0.39 is 5.60 Å². The second-order valence-corrected chi connectivity index (χ2v) is 7.99. The quantitative estimate of drug-likeness (QED) is 0.534. The summed E-state index contributed by atoms with van der Waals surface area (Å²) in [5.41, 5.74) is 8.24. The summed E-state index contributed by atoms with van der Waals surface area (Å²) in [6.45, 7) is 7.63. The minimum atomic E-state index is -0.833. The highest BCUT2D eigenvalue weighted by atomic mass is 16.5. The molecule has 1 aromatic carbocycles. The average molecular weight is 379 g/mol. The van der Waals surface area contributed by atoms with Crippen molar-refractivity contribution in [1.82, 2.24) is 0 Å². The number of esters is 1. The summed E-state index contributed by atoms with van der Waals surface area (Å²) in [7, 11) is 1.41. The van der Waals surface area contributed by atoms with E-state index in [1.165, 1.54) is 7.11 Å². The van der Waals surface area contributed by atoms with Crippen molar-refractivity contribution in [2.75, 3.05) is 37.5 Å². The lowest BCUT2D eigenvalue weighted by molar-refractivity contribution is -0.141. The SMILES string of the molecule is CC[C@@H](CC(=O)OC)c1ccc(N(CC(C)(C)O)C2CCOCC2)c(N)c1. The number of nitrogens with zero attached hydrogens (tertiary/aromatic N) is 1. The molecule has 0 spiro atoms. The molecule has 1 atom stereocenters. The van der Waals surface area contributed by atoms with E-state index in [1.54, 1.807) is 0 Å². The van der Waals surface area contributed by atoms with Gasteiger partial charge in [-0.25, -0.2) is 0 Å². The molecule has 0 saturated carbocycles. The van der Waals surface area contributed by atoms with E-state index in [0.717, 1.165) is 43.7 Å². The van der Waals surface area contributed by atoms with E-state index in [2.05, 4.69) is 11.8 Å². The Kier molecular flexibility index (Phi) is 7.50. The standard InChI is InChI=1S/C21H34N2O4/c1-5-15(13-20(24)26-4)16-6-7-19(18(22)12-16)23(14-21(2,3)25)17-8-10-27-11-9-17/h6-7,12,15,17,25H,5,8-11,13-14,22H2,1-4H3/t15-/m0/s1. The highest BCUT2D eigenvalue weighted by molar-refractivity contribution is 5.72. The number of nitrogen functional groups attached to an aromatic ring is 1. The molecule has 3 N–H and O–H groups in total. The molecule has 6 nitrogen and oxygen atoms in total. The number of anilines is 2. The van der Waals surface area contributed by atoms with Gasteiger partial charge in [-0.1, -0.05) is 13.0 Å². The number of benzene rings is 1. The summed E-state index contributed by atoms with van der Waals surface area (Å²) in [6, 6.07) is 6.31. The topological polar surface area (TPSA) is 85.0 Å². The van der Waals surface area contributed by atoms with Gasteiger partial charge in [0.05, 0.1) is 30.5 Å². The second-order valence-electron chi connectivity index (χ2n) is 7.99. The van der Waals surface area contributed by atoms with Gasteiger partial charge in [0.25, 0.3) is 0 Å². The van der Waals surface area contributed by atoms with E-state index >= 15 is 0 Å². The van der Waals surface area contributed by atoms with Crippen molar-refractivity contribution in [3.63, 3.8) is 0 Å². The first-order valence-electron chi connectivity index (χ1n) is 9.78. The molecule has 0 unspecified atom stereocenters. The Morgan fingerprint density at radius 1 is 1.41 bits per heavy atom. The van der Waals surface area contributed by atoms with Crippen LogP contribution in [-0.4, -0.2) is 49.6 Å². The molecule has 0 amide bonds. The number of ether oxygens (including phenoxy) is 2. The van der Waals surface area contributed by atoms with E-state index in [-0.39, 0.29) is 17.9 Å². The maximum absolute atomic E-state index is 11.7. The van der Waals surface area contributed by atoms with Crippen LogP contribution < -0.4 is 10.6 Å². The first-order chi connectivity index (χ1) is 12.7. The molecule has 1 fully saturated rings. The van der Waals surface area contributed by atoms with Crippen LogP contribution in [0.4, 0.5) is 11.4 Å². The smallest absolute Gasteiger partial charge is 0.306 e. The van der Waals surface area contributed by atoms with Crippen LogP contribution in [0.2, 0.25) is 0 Å². The lowest BCUT2D eigenvalue weighted by Gasteiger charge is -2.40. The molecule has 0 aromatic heterocycles. The summed E-state index contributed by atoms with van der Waals surface area (Å²) in [5.74, 6) is -0.130. The van der Waals surface area contributed by atoms with Crippen LogP contribution in [0, 0.1) is 0 Å². The zero-order chi connectivity index (χ0) is 20.0. The van der Waals surface area contributed by atoms with Crippen molar-refractivity contribution >= 4 is 17.3 Å². The van der Waals surface area contributed by atoms with Crippen molar-refractivity contribution in [3.05, 3.63) is 23.8 Å². The van der Waals surface area contributed by atoms with Gasteiger partial charge < -0.3 is 25.2 Å². The largest absolute Gasteiger partial charge is 0.469 e. The van der Waals surface area contributed by atoms with Gasteiger partial charge in [-0.05, 0) is 56.7 Å². The summed E-state index contributed by atoms with van der Waals surface area (Å²) in [5, 5.41) is 10.4. The molecule has 1 aromatic rings. The van der Waals surface area contributed by atoms with Crippen molar-refractivity contribution in [2.45, 2.75) is 64.0 Å². The minimum Gasteiger partial charge on any atom is -0.469 e. The van der Waals surface area contributed by atoms with Crippen molar-refractivity contribution < 1.29 is 19.4 Å². The molecule has 1 heterocycles. The normalized spacial score (nSPS) is 16.8. The number of hydrogen-bond donors (Lipinski definition) is 2. The summed E-state index contributed by atoms with van der Waals surface area (Å²) >= 11 is 0. The fourth-order valence-electron chi connectivity index (χ4n) is 3.70. The van der Waals surface area contributed by atoms with Crippen LogP contribution in [0.5, 0.6) is 0 Å². The number of carbonyl (C=O) groups excluding carboxylic acids is 1. The van der Waals surface area contributed by atoms with Gasteiger partial charge in [0.15, 0.2) is 0 Å². The Morgan fingerprint density at radius 2 is 2.07 bits per heavy atom. The van der Waals surface area contributed by atoms with Crippen LogP contribution in [-0.2, 0) is 14.3 Å². The molecule has 1 aliphatic heterocycles. The molecule has 152 valence electrons. The third-order valence-electron chi connectivity index (χ3n) is 5.15. The molecule has 1 aliphatic rings. The van der Waals surface area contributed by atoms with Crippen molar-refractivity contribution in [1.29, 1.82) is 0 Å². The fourth-order valence-corrected chi connectivity index (χ4v) is 3.70. The molecule has 0 radical (unpaired) electrons. The number of hydrogen-bond acceptors (Lipinski definition) is 6. The molecular weight excluding hydrogens is 344 g/mol. The highest BCUT2D eigenvalue weighted by Gasteiger charge is 2.28. The predicted molar refractivity (Wildman–Crippen MR) is 108 cm³/mol. The van der Waals surface area contributed by atoms with Crippen LogP contribution >= 0.6 is 0 Å². The fraction of sp³-hybridized carbons (Fsp3) is 0.667. The highest BCUT2D eigenvalue weighted by Crippen LogP contribution is 2.34. The van der Waals surface area contributed by atoms with E-state index in [9.17, 15) is 9.90 Å². The predicted octanol–water partition coefficient (Wildman–Crippen LogP) is 3.08. The number of carbonyl (C=O) groups is 1. The molecule has 2 rings (SSSR count). The van der Waals surface area contributed by atoms with E-state index in [4.69, 9.17) is 15.2 Å². The molecule has 0 aliphatic carbocycles. The van der Waals surface area contributed by atoms with Gasteiger partial charge in [-0.3, -0.25) is 4.79 Å². The van der Waals surface area contributed by atoms with Crippen LogP contribution in [0.15, 0.2) is 18.2 Å². The number of rotatable bonds is 8. The molecule has 27 heavy (non-hydrogen) atoms. The molecule has 6 heteroatoms. The first kappa shape index (κ1) is 21.5. The molecular formula is C21H34N2O4. The summed E-state index contributed by atoms with van der Waals surface area (Å²) in [4.78, 5) is 13.9. The maximum atomic E-state index is 11.7. The monoisotopic (exact) mass is 378 g/mol. The van der Waals surface area contributed by atoms with E-state index in [1.807, 2.05) is 32.0 Å². The van der Waals surface area contributed by atoms with Crippen LogP contribution in [0.25, 0.3) is 0 Å². The van der Waals surface area contributed by atoms with Gasteiger partial charge in [0.2, 0.25) is 0 Å². The first-order valence-corrected chi connectivity index (χ1v) is 9.78. The third-order valence-corrected chi connectivity index (χ3v) is 5.15. The maximum Gasteiger partial charge on any atom is 0.306 e. The van der Waals surface area contributed by atoms with Gasteiger partial charge in [-0.2, -0.15) is 0 Å².